The molecule has 1 spiro atoms. The lowest BCUT2D eigenvalue weighted by Gasteiger charge is -2.33. The lowest BCUT2D eigenvalue weighted by molar-refractivity contribution is 0.660. The Kier molecular flexibility index (Phi) is 7.51. The molecular weight excluding hydrogens is 795 g/mol. The summed E-state index contributed by atoms with van der Waals surface area (Å²) in [7, 11) is 0. The minimum Gasteiger partial charge on any atom is -0.310 e. The van der Waals surface area contributed by atoms with Gasteiger partial charge in [-0.2, -0.15) is 0 Å². The van der Waals surface area contributed by atoms with E-state index in [1.165, 1.54) is 111 Å². The fraction of sp³-hybridized carbons (Fsp3) is 0.108. The van der Waals surface area contributed by atoms with Gasteiger partial charge in [0.15, 0.2) is 0 Å². The molecule has 1 heteroatoms. The SMILES string of the molecule is CC1(C)c2ccccc2-c2ccc(N(c3ccc4c(c3)C(C)(C)c3cc(-c5cccc6ccccc56)ccc3-4)c3ccc4c(c3)C3(c5ccccc5-c5ccccc53)c3ccccc3-4)cc21. The van der Waals surface area contributed by atoms with Crippen LogP contribution in [0.3, 0.4) is 0 Å². The average molecular weight is 842 g/mol. The summed E-state index contributed by atoms with van der Waals surface area (Å²) in [5.74, 6) is 0. The van der Waals surface area contributed by atoms with Crippen molar-refractivity contribution in [3.8, 4) is 55.6 Å². The van der Waals surface area contributed by atoms with E-state index in [0.717, 1.165) is 17.1 Å². The molecule has 4 aliphatic carbocycles. The Morgan fingerprint density at radius 1 is 0.273 bits per heavy atom. The minimum absolute atomic E-state index is 0.141. The van der Waals surface area contributed by atoms with Crippen molar-refractivity contribution in [3.63, 3.8) is 0 Å². The van der Waals surface area contributed by atoms with Crippen LogP contribution < -0.4 is 4.90 Å². The first kappa shape index (κ1) is 37.6. The van der Waals surface area contributed by atoms with Crippen LogP contribution in [0.25, 0.3) is 66.4 Å². The van der Waals surface area contributed by atoms with E-state index in [0.29, 0.717) is 0 Å². The van der Waals surface area contributed by atoms with Crippen molar-refractivity contribution >= 4 is 27.8 Å². The fourth-order valence-electron chi connectivity index (χ4n) is 13.0. The molecule has 14 rings (SSSR count). The van der Waals surface area contributed by atoms with Gasteiger partial charge in [-0.05, 0) is 153 Å². The highest BCUT2D eigenvalue weighted by atomic mass is 15.1. The number of nitrogens with zero attached hydrogens (tertiary/aromatic N) is 1. The molecule has 10 aromatic carbocycles. The van der Waals surface area contributed by atoms with Gasteiger partial charge in [0, 0.05) is 27.9 Å². The largest absolute Gasteiger partial charge is 0.310 e. The molecule has 0 bridgehead atoms. The van der Waals surface area contributed by atoms with Crippen molar-refractivity contribution in [1.82, 2.24) is 0 Å². The van der Waals surface area contributed by atoms with Gasteiger partial charge in [-0.3, -0.25) is 0 Å². The van der Waals surface area contributed by atoms with Crippen LogP contribution >= 0.6 is 0 Å². The Morgan fingerprint density at radius 2 is 0.636 bits per heavy atom. The summed E-state index contributed by atoms with van der Waals surface area (Å²) in [6, 6.07) is 80.7. The number of rotatable bonds is 4. The van der Waals surface area contributed by atoms with Gasteiger partial charge in [0.2, 0.25) is 0 Å². The highest BCUT2D eigenvalue weighted by Gasteiger charge is 2.52. The Hall–Kier alpha value is -7.74. The summed E-state index contributed by atoms with van der Waals surface area (Å²) in [4.78, 5) is 2.55. The van der Waals surface area contributed by atoms with Crippen molar-refractivity contribution in [3.05, 3.63) is 257 Å². The Morgan fingerprint density at radius 3 is 1.20 bits per heavy atom. The number of benzene rings is 10. The molecular formula is C65H47N. The smallest absolute Gasteiger partial charge is 0.0726 e. The highest BCUT2D eigenvalue weighted by molar-refractivity contribution is 5.99. The van der Waals surface area contributed by atoms with Gasteiger partial charge in [-0.25, -0.2) is 0 Å². The van der Waals surface area contributed by atoms with E-state index in [1.807, 2.05) is 0 Å². The first-order valence-electron chi connectivity index (χ1n) is 23.5. The Balaban J connectivity index is 0.979. The maximum atomic E-state index is 2.55. The standard InChI is InChI=1S/C65H47N/c1-63(2)55-24-11-7-19-47(55)52-33-29-42(37-60(52)63)66(43-30-34-53-51-32-28-41(36-59(51)64(3,4)61(53)38-43)46-23-15-17-40-16-5-6-18-45(40)46)44-31-35-54-50-22-10-14-27-58(50)65(62(54)39-44)56-25-12-8-20-48(56)49-21-9-13-26-57(49)65/h5-39H,1-4H3. The van der Waals surface area contributed by atoms with Crippen molar-refractivity contribution in [2.75, 3.05) is 4.90 Å². The zero-order chi connectivity index (χ0) is 44.1. The molecule has 0 heterocycles. The topological polar surface area (TPSA) is 3.24 Å². The van der Waals surface area contributed by atoms with E-state index in [4.69, 9.17) is 0 Å². The normalized spacial score (nSPS) is 15.3. The maximum Gasteiger partial charge on any atom is 0.0726 e. The molecule has 4 aliphatic rings. The number of fused-ring (bicyclic) bond motifs is 17. The van der Waals surface area contributed by atoms with Crippen LogP contribution in [0.4, 0.5) is 17.1 Å². The average Bonchev–Trinajstić information content (AvgIpc) is 3.98. The Labute approximate surface area is 387 Å². The highest BCUT2D eigenvalue weighted by Crippen LogP contribution is 2.64. The van der Waals surface area contributed by atoms with Gasteiger partial charge in [0.05, 0.1) is 5.41 Å². The third-order valence-electron chi connectivity index (χ3n) is 16.1. The van der Waals surface area contributed by atoms with Crippen LogP contribution in [0.2, 0.25) is 0 Å². The first-order chi connectivity index (χ1) is 32.2. The molecule has 0 amide bonds. The molecule has 0 atom stereocenters. The zero-order valence-corrected chi connectivity index (χ0v) is 37.7. The number of hydrogen-bond donors (Lipinski definition) is 0. The van der Waals surface area contributed by atoms with Crippen molar-refractivity contribution in [2.24, 2.45) is 0 Å². The monoisotopic (exact) mass is 841 g/mol. The molecule has 0 radical (unpaired) electrons. The van der Waals surface area contributed by atoms with Crippen LogP contribution in [-0.2, 0) is 16.2 Å². The molecule has 0 unspecified atom stereocenters. The van der Waals surface area contributed by atoms with Crippen LogP contribution in [0.1, 0.15) is 72.2 Å². The fourth-order valence-corrected chi connectivity index (χ4v) is 13.0. The predicted molar refractivity (Wildman–Crippen MR) is 275 cm³/mol. The predicted octanol–water partition coefficient (Wildman–Crippen LogP) is 16.9. The maximum absolute atomic E-state index is 2.55. The van der Waals surface area contributed by atoms with E-state index in [-0.39, 0.29) is 10.8 Å². The molecule has 0 aromatic heterocycles. The summed E-state index contributed by atoms with van der Waals surface area (Å²) in [5.41, 5.74) is 26.7. The summed E-state index contributed by atoms with van der Waals surface area (Å²) >= 11 is 0. The van der Waals surface area contributed by atoms with Crippen LogP contribution in [-0.4, -0.2) is 0 Å². The van der Waals surface area contributed by atoms with E-state index in [9.17, 15) is 0 Å². The van der Waals surface area contributed by atoms with Crippen LogP contribution in [0, 0.1) is 0 Å². The van der Waals surface area contributed by atoms with E-state index in [2.05, 4.69) is 245 Å². The second kappa shape index (κ2) is 13.2. The van der Waals surface area contributed by atoms with Gasteiger partial charge < -0.3 is 4.90 Å². The second-order valence-electron chi connectivity index (χ2n) is 20.0. The number of anilines is 3. The van der Waals surface area contributed by atoms with E-state index in [1.54, 1.807) is 0 Å². The van der Waals surface area contributed by atoms with Crippen molar-refractivity contribution in [1.29, 1.82) is 0 Å². The van der Waals surface area contributed by atoms with Gasteiger partial charge in [-0.1, -0.05) is 198 Å². The molecule has 0 saturated carbocycles. The number of hydrogen-bond acceptors (Lipinski definition) is 1. The van der Waals surface area contributed by atoms with Crippen molar-refractivity contribution in [2.45, 2.75) is 43.9 Å². The summed E-state index contributed by atoms with van der Waals surface area (Å²) < 4.78 is 0. The van der Waals surface area contributed by atoms with Crippen molar-refractivity contribution < 1.29 is 0 Å². The minimum atomic E-state index is -0.439. The van der Waals surface area contributed by atoms with E-state index >= 15 is 0 Å². The van der Waals surface area contributed by atoms with Crippen LogP contribution in [0.5, 0.6) is 0 Å². The molecule has 0 saturated heterocycles. The van der Waals surface area contributed by atoms with Gasteiger partial charge in [0.25, 0.3) is 0 Å². The van der Waals surface area contributed by atoms with Gasteiger partial charge >= 0.3 is 0 Å². The first-order valence-corrected chi connectivity index (χ1v) is 23.5. The van der Waals surface area contributed by atoms with Gasteiger partial charge in [-0.15, -0.1) is 0 Å². The third kappa shape index (κ3) is 4.80. The summed E-state index contributed by atoms with van der Waals surface area (Å²) in [6.45, 7) is 9.61. The molecule has 66 heavy (non-hydrogen) atoms. The lowest BCUT2D eigenvalue weighted by Crippen LogP contribution is -2.26. The van der Waals surface area contributed by atoms with Gasteiger partial charge in [0.1, 0.15) is 0 Å². The zero-order valence-electron chi connectivity index (χ0n) is 37.7. The lowest BCUT2D eigenvalue weighted by atomic mass is 9.70. The quantitative estimate of drug-likeness (QED) is 0.171. The Bertz CT molecular complexity index is 3660. The molecule has 10 aromatic rings. The molecule has 0 N–H and O–H groups in total. The second-order valence-corrected chi connectivity index (χ2v) is 20.0. The molecule has 1 nitrogen and oxygen atoms in total. The summed E-state index contributed by atoms with van der Waals surface area (Å²) in [6.07, 6.45) is 0. The van der Waals surface area contributed by atoms with Crippen LogP contribution in [0.15, 0.2) is 212 Å². The summed E-state index contributed by atoms with van der Waals surface area (Å²) in [5, 5.41) is 2.56. The van der Waals surface area contributed by atoms with E-state index < -0.39 is 5.41 Å². The molecule has 0 fully saturated rings. The third-order valence-corrected chi connectivity index (χ3v) is 16.1. The molecule has 312 valence electrons. The molecule has 0 aliphatic heterocycles.